The molecule has 1 amide bonds. The maximum atomic E-state index is 12.0. The van der Waals surface area contributed by atoms with Gasteiger partial charge in [-0.1, -0.05) is 11.6 Å². The van der Waals surface area contributed by atoms with Gasteiger partial charge in [0.2, 0.25) is 0 Å². The van der Waals surface area contributed by atoms with Crippen LogP contribution in [0.4, 0.5) is 0 Å². The quantitative estimate of drug-likeness (QED) is 0.643. The number of methoxy groups -OCH3 is 3. The van der Waals surface area contributed by atoms with Crippen molar-refractivity contribution in [1.29, 1.82) is 0 Å². The zero-order valence-corrected chi connectivity index (χ0v) is 14.3. The van der Waals surface area contributed by atoms with Crippen LogP contribution in [0.5, 0.6) is 17.2 Å². The number of amides is 1. The molecule has 2 aromatic carbocycles. The van der Waals surface area contributed by atoms with Crippen LogP contribution in [0, 0.1) is 0 Å². The van der Waals surface area contributed by atoms with Crippen LogP contribution >= 0.6 is 11.6 Å². The van der Waals surface area contributed by atoms with Gasteiger partial charge in [-0.05, 0) is 30.3 Å². The third-order valence-electron chi connectivity index (χ3n) is 3.22. The molecule has 0 radical (unpaired) electrons. The van der Waals surface area contributed by atoms with Crippen molar-refractivity contribution in [2.45, 2.75) is 0 Å². The smallest absolute Gasteiger partial charge is 0.271 e. The van der Waals surface area contributed by atoms with Gasteiger partial charge < -0.3 is 14.2 Å². The number of ether oxygens (including phenoxy) is 3. The van der Waals surface area contributed by atoms with E-state index in [1.807, 2.05) is 0 Å². The maximum Gasteiger partial charge on any atom is 0.271 e. The Bertz CT molecular complexity index is 745. The lowest BCUT2D eigenvalue weighted by Crippen LogP contribution is -2.17. The molecule has 2 rings (SSSR count). The fraction of sp³-hybridized carbons (Fsp3) is 0.176. The van der Waals surface area contributed by atoms with Crippen molar-refractivity contribution in [3.8, 4) is 17.2 Å². The van der Waals surface area contributed by atoms with Gasteiger partial charge in [0.05, 0.1) is 32.6 Å². The summed E-state index contributed by atoms with van der Waals surface area (Å²) in [5.41, 5.74) is 3.49. The second-order valence-electron chi connectivity index (χ2n) is 4.66. The number of hydrogen-bond acceptors (Lipinski definition) is 5. The van der Waals surface area contributed by atoms with E-state index >= 15 is 0 Å². The van der Waals surface area contributed by atoms with E-state index in [4.69, 9.17) is 25.8 Å². The fourth-order valence-electron chi connectivity index (χ4n) is 1.94. The van der Waals surface area contributed by atoms with Gasteiger partial charge in [0.15, 0.2) is 11.5 Å². The highest BCUT2D eigenvalue weighted by atomic mass is 35.5. The van der Waals surface area contributed by atoms with Gasteiger partial charge in [0.25, 0.3) is 5.91 Å². The van der Waals surface area contributed by atoms with Crippen molar-refractivity contribution >= 4 is 23.7 Å². The normalized spacial score (nSPS) is 10.5. The monoisotopic (exact) mass is 348 g/mol. The van der Waals surface area contributed by atoms with Crippen molar-refractivity contribution in [1.82, 2.24) is 5.43 Å². The predicted molar refractivity (Wildman–Crippen MR) is 92.6 cm³/mol. The molecule has 0 fully saturated rings. The van der Waals surface area contributed by atoms with Crippen LogP contribution in [0.15, 0.2) is 41.5 Å². The lowest BCUT2D eigenvalue weighted by atomic mass is 10.2. The molecule has 0 saturated heterocycles. The molecule has 0 unspecified atom stereocenters. The number of carbonyl (C=O) groups is 1. The molecule has 0 saturated carbocycles. The topological polar surface area (TPSA) is 69.2 Å². The number of carbonyl (C=O) groups excluding carboxylic acids is 1. The first-order valence-electron chi connectivity index (χ1n) is 6.98. The fourth-order valence-corrected chi connectivity index (χ4v) is 2.14. The molecule has 0 aromatic heterocycles. The summed E-state index contributed by atoms with van der Waals surface area (Å²) in [4.78, 5) is 12.0. The first-order valence-corrected chi connectivity index (χ1v) is 7.35. The maximum absolute atomic E-state index is 12.0. The first-order chi connectivity index (χ1) is 11.6. The zero-order chi connectivity index (χ0) is 17.5. The molecule has 0 atom stereocenters. The molecule has 0 aliphatic heterocycles. The summed E-state index contributed by atoms with van der Waals surface area (Å²) in [6.45, 7) is 0. The molecular formula is C17H17ClN2O4. The number of halogens is 1. The van der Waals surface area contributed by atoms with E-state index in [0.717, 1.165) is 0 Å². The van der Waals surface area contributed by atoms with Crippen LogP contribution < -0.4 is 19.6 Å². The van der Waals surface area contributed by atoms with Crippen molar-refractivity contribution in [3.05, 3.63) is 52.5 Å². The summed E-state index contributed by atoms with van der Waals surface area (Å²) >= 11 is 6.15. The summed E-state index contributed by atoms with van der Waals surface area (Å²) in [5, 5.41) is 4.34. The Kier molecular flexibility index (Phi) is 6.03. The summed E-state index contributed by atoms with van der Waals surface area (Å²) < 4.78 is 15.4. The van der Waals surface area contributed by atoms with Crippen molar-refractivity contribution < 1.29 is 19.0 Å². The van der Waals surface area contributed by atoms with Crippen LogP contribution in [0.2, 0.25) is 5.02 Å². The Morgan fingerprint density at radius 2 is 1.67 bits per heavy atom. The average Bonchev–Trinajstić information content (AvgIpc) is 2.62. The minimum atomic E-state index is -0.342. The van der Waals surface area contributed by atoms with Crippen LogP contribution in [0.25, 0.3) is 0 Å². The molecular weight excluding hydrogens is 332 g/mol. The molecule has 1 N–H and O–H groups in total. The highest BCUT2D eigenvalue weighted by molar-refractivity contribution is 6.33. The lowest BCUT2D eigenvalue weighted by Gasteiger charge is -2.09. The minimum absolute atomic E-state index is 0.342. The van der Waals surface area contributed by atoms with Gasteiger partial charge in [0, 0.05) is 17.2 Å². The van der Waals surface area contributed by atoms with E-state index in [2.05, 4.69) is 10.5 Å². The SMILES string of the molecule is COc1ccc(C(=O)N/N=C\c2cc(OC)c(OC)cc2Cl)cc1. The third kappa shape index (κ3) is 4.17. The Morgan fingerprint density at radius 3 is 2.25 bits per heavy atom. The molecule has 2 aromatic rings. The van der Waals surface area contributed by atoms with Crippen LogP contribution in [-0.2, 0) is 0 Å². The molecule has 24 heavy (non-hydrogen) atoms. The number of nitrogens with one attached hydrogen (secondary N) is 1. The summed E-state index contributed by atoms with van der Waals surface area (Å²) in [7, 11) is 4.61. The van der Waals surface area contributed by atoms with E-state index < -0.39 is 0 Å². The highest BCUT2D eigenvalue weighted by Crippen LogP contribution is 2.32. The van der Waals surface area contributed by atoms with E-state index in [-0.39, 0.29) is 5.91 Å². The Balaban J connectivity index is 2.09. The molecule has 126 valence electrons. The van der Waals surface area contributed by atoms with Crippen molar-refractivity contribution in [2.75, 3.05) is 21.3 Å². The standard InChI is InChI=1S/C17H17ClN2O4/c1-22-13-6-4-11(5-7-13)17(21)20-19-10-12-8-15(23-2)16(24-3)9-14(12)18/h4-10H,1-3H3,(H,20,21)/b19-10-. The molecule has 0 heterocycles. The lowest BCUT2D eigenvalue weighted by molar-refractivity contribution is 0.0955. The molecule has 0 bridgehead atoms. The van der Waals surface area contributed by atoms with Gasteiger partial charge in [-0.2, -0.15) is 5.10 Å². The van der Waals surface area contributed by atoms with E-state index in [9.17, 15) is 4.79 Å². The Labute approximate surface area is 145 Å². The number of rotatable bonds is 6. The van der Waals surface area contributed by atoms with Gasteiger partial charge in [0.1, 0.15) is 5.75 Å². The molecule has 0 aliphatic rings. The number of nitrogens with zero attached hydrogens (tertiary/aromatic N) is 1. The molecule has 7 heteroatoms. The minimum Gasteiger partial charge on any atom is -0.497 e. The third-order valence-corrected chi connectivity index (χ3v) is 3.55. The van der Waals surface area contributed by atoms with Gasteiger partial charge in [-0.15, -0.1) is 0 Å². The van der Waals surface area contributed by atoms with Gasteiger partial charge in [-0.25, -0.2) is 5.43 Å². The number of hydrogen-bond donors (Lipinski definition) is 1. The Morgan fingerprint density at radius 1 is 1.04 bits per heavy atom. The van der Waals surface area contributed by atoms with E-state index in [1.54, 1.807) is 43.5 Å². The summed E-state index contributed by atoms with van der Waals surface area (Å²) in [6.07, 6.45) is 1.44. The molecule has 0 aliphatic carbocycles. The first kappa shape index (κ1) is 17.6. The van der Waals surface area contributed by atoms with E-state index in [1.165, 1.54) is 20.4 Å². The average molecular weight is 349 g/mol. The largest absolute Gasteiger partial charge is 0.497 e. The summed E-state index contributed by atoms with van der Waals surface area (Å²) in [5.74, 6) is 1.37. The van der Waals surface area contributed by atoms with Gasteiger partial charge in [-0.3, -0.25) is 4.79 Å². The number of hydrazone groups is 1. The van der Waals surface area contributed by atoms with E-state index in [0.29, 0.717) is 33.4 Å². The highest BCUT2D eigenvalue weighted by Gasteiger charge is 2.09. The second kappa shape index (κ2) is 8.21. The van der Waals surface area contributed by atoms with Crippen molar-refractivity contribution in [2.24, 2.45) is 5.10 Å². The van der Waals surface area contributed by atoms with Crippen LogP contribution in [0.3, 0.4) is 0 Å². The van der Waals surface area contributed by atoms with Gasteiger partial charge >= 0.3 is 0 Å². The van der Waals surface area contributed by atoms with Crippen LogP contribution in [0.1, 0.15) is 15.9 Å². The second-order valence-corrected chi connectivity index (χ2v) is 5.06. The Hall–Kier alpha value is -2.73. The molecule has 6 nitrogen and oxygen atoms in total. The van der Waals surface area contributed by atoms with Crippen LogP contribution in [-0.4, -0.2) is 33.5 Å². The predicted octanol–water partition coefficient (Wildman–Crippen LogP) is 3.13. The van der Waals surface area contributed by atoms with Crippen molar-refractivity contribution in [3.63, 3.8) is 0 Å². The summed E-state index contributed by atoms with van der Waals surface area (Å²) in [6, 6.07) is 9.98. The molecule has 0 spiro atoms. The zero-order valence-electron chi connectivity index (χ0n) is 13.5. The number of benzene rings is 2.